The quantitative estimate of drug-likeness (QED) is 0.845. The highest BCUT2D eigenvalue weighted by Gasteiger charge is 2.09. The lowest BCUT2D eigenvalue weighted by atomic mass is 10.2. The molecule has 0 fully saturated rings. The van der Waals surface area contributed by atoms with Crippen LogP contribution in [0.15, 0.2) is 62.0 Å². The molecule has 0 aliphatic carbocycles. The minimum atomic E-state index is -0.621. The molecule has 0 aliphatic heterocycles. The summed E-state index contributed by atoms with van der Waals surface area (Å²) >= 11 is 0. The summed E-state index contributed by atoms with van der Waals surface area (Å²) in [5, 5.41) is 2.97. The van der Waals surface area contributed by atoms with Gasteiger partial charge in [0.15, 0.2) is 5.82 Å². The molecule has 6 heteroatoms. The SMILES string of the molecule is C=C/C=C(\C(=C)F)c1nccc(Nc2ccncn2)n1. The van der Waals surface area contributed by atoms with Crippen molar-refractivity contribution in [3.63, 3.8) is 0 Å². The second-order valence-electron chi connectivity index (χ2n) is 3.71. The Hall–Kier alpha value is -2.89. The van der Waals surface area contributed by atoms with Crippen molar-refractivity contribution >= 4 is 17.2 Å². The number of aromatic nitrogens is 4. The topological polar surface area (TPSA) is 63.6 Å². The first-order valence-electron chi connectivity index (χ1n) is 5.74. The molecule has 0 saturated carbocycles. The molecule has 0 saturated heterocycles. The molecular formula is C14H12FN5. The van der Waals surface area contributed by atoms with Crippen LogP contribution in [0.2, 0.25) is 0 Å². The molecule has 0 aliphatic rings. The Morgan fingerprint density at radius 2 is 2.00 bits per heavy atom. The van der Waals surface area contributed by atoms with Gasteiger partial charge in [0.05, 0.1) is 5.57 Å². The predicted octanol–water partition coefficient (Wildman–Crippen LogP) is 3.06. The molecule has 1 N–H and O–H groups in total. The summed E-state index contributed by atoms with van der Waals surface area (Å²) in [5.41, 5.74) is 0.186. The van der Waals surface area contributed by atoms with E-state index in [1.165, 1.54) is 24.7 Å². The Balaban J connectivity index is 2.30. The standard InChI is InChI=1S/C14H12FN5/c1-3-4-11(10(2)15)14-17-8-6-13(20-14)19-12-5-7-16-9-18-12/h3-9H,1-2H2,(H,16,17,18,19,20)/b11-4+. The molecule has 0 radical (unpaired) electrons. The summed E-state index contributed by atoms with van der Waals surface area (Å²) in [7, 11) is 0. The normalized spacial score (nSPS) is 10.9. The van der Waals surface area contributed by atoms with Gasteiger partial charge in [0, 0.05) is 12.4 Å². The van der Waals surface area contributed by atoms with Crippen molar-refractivity contribution in [1.29, 1.82) is 0 Å². The Kier molecular flexibility index (Phi) is 4.28. The predicted molar refractivity (Wildman–Crippen MR) is 75.8 cm³/mol. The first-order chi connectivity index (χ1) is 9.70. The van der Waals surface area contributed by atoms with E-state index in [-0.39, 0.29) is 11.4 Å². The molecule has 2 aromatic heterocycles. The third-order valence-electron chi connectivity index (χ3n) is 2.31. The molecule has 100 valence electrons. The first kappa shape index (κ1) is 13.5. The van der Waals surface area contributed by atoms with Gasteiger partial charge in [0.2, 0.25) is 0 Å². The van der Waals surface area contributed by atoms with Gasteiger partial charge in [-0.1, -0.05) is 19.2 Å². The summed E-state index contributed by atoms with van der Waals surface area (Å²) in [4.78, 5) is 16.1. The van der Waals surface area contributed by atoms with Crippen molar-refractivity contribution in [3.05, 3.63) is 67.8 Å². The monoisotopic (exact) mass is 269 g/mol. The number of hydrogen-bond acceptors (Lipinski definition) is 5. The first-order valence-corrected chi connectivity index (χ1v) is 5.74. The highest BCUT2D eigenvalue weighted by atomic mass is 19.1. The summed E-state index contributed by atoms with van der Waals surface area (Å²) in [6.45, 7) is 6.79. The van der Waals surface area contributed by atoms with E-state index < -0.39 is 5.83 Å². The van der Waals surface area contributed by atoms with Crippen molar-refractivity contribution in [2.75, 3.05) is 5.32 Å². The van der Waals surface area contributed by atoms with Gasteiger partial charge < -0.3 is 5.32 Å². The van der Waals surface area contributed by atoms with Crippen LogP contribution in [0.3, 0.4) is 0 Å². The highest BCUT2D eigenvalue weighted by molar-refractivity contribution is 5.74. The third-order valence-corrected chi connectivity index (χ3v) is 2.31. The molecule has 0 aromatic carbocycles. The minimum Gasteiger partial charge on any atom is -0.325 e. The van der Waals surface area contributed by atoms with Gasteiger partial charge in [0.1, 0.15) is 23.8 Å². The Bertz CT molecular complexity index is 652. The number of allylic oxidation sites excluding steroid dienone is 4. The second-order valence-corrected chi connectivity index (χ2v) is 3.71. The molecule has 0 unspecified atom stereocenters. The maximum Gasteiger partial charge on any atom is 0.164 e. The minimum absolute atomic E-state index is 0.186. The zero-order valence-electron chi connectivity index (χ0n) is 10.6. The highest BCUT2D eigenvalue weighted by Crippen LogP contribution is 2.21. The zero-order chi connectivity index (χ0) is 14.4. The number of hydrogen-bond donors (Lipinski definition) is 1. The maximum absolute atomic E-state index is 13.4. The Morgan fingerprint density at radius 1 is 1.20 bits per heavy atom. The molecule has 2 rings (SSSR count). The van der Waals surface area contributed by atoms with Crippen molar-refractivity contribution in [1.82, 2.24) is 19.9 Å². The fraction of sp³-hybridized carbons (Fsp3) is 0. The van der Waals surface area contributed by atoms with Crippen LogP contribution in [-0.4, -0.2) is 19.9 Å². The fourth-order valence-electron chi connectivity index (χ4n) is 1.46. The largest absolute Gasteiger partial charge is 0.325 e. The van der Waals surface area contributed by atoms with Crippen molar-refractivity contribution < 1.29 is 4.39 Å². The van der Waals surface area contributed by atoms with E-state index in [4.69, 9.17) is 0 Å². The van der Waals surface area contributed by atoms with Crippen LogP contribution in [0.25, 0.3) is 5.57 Å². The number of halogens is 1. The zero-order valence-corrected chi connectivity index (χ0v) is 10.6. The van der Waals surface area contributed by atoms with Crippen molar-refractivity contribution in [2.45, 2.75) is 0 Å². The van der Waals surface area contributed by atoms with Gasteiger partial charge >= 0.3 is 0 Å². The molecule has 0 atom stereocenters. The van der Waals surface area contributed by atoms with Gasteiger partial charge in [-0.05, 0) is 18.2 Å². The lowest BCUT2D eigenvalue weighted by Gasteiger charge is -2.06. The molecule has 0 amide bonds. The van der Waals surface area contributed by atoms with E-state index in [2.05, 4.69) is 38.4 Å². The Labute approximate surface area is 115 Å². The number of nitrogens with one attached hydrogen (secondary N) is 1. The van der Waals surface area contributed by atoms with Crippen LogP contribution in [-0.2, 0) is 0 Å². The second kappa shape index (κ2) is 6.33. The third kappa shape index (κ3) is 3.32. The van der Waals surface area contributed by atoms with Crippen LogP contribution in [0, 0.1) is 0 Å². The fourth-order valence-corrected chi connectivity index (χ4v) is 1.46. The average molecular weight is 269 g/mol. The molecule has 2 aromatic rings. The smallest absolute Gasteiger partial charge is 0.164 e. The average Bonchev–Trinajstić information content (AvgIpc) is 2.46. The lowest BCUT2D eigenvalue weighted by molar-refractivity contribution is 0.676. The van der Waals surface area contributed by atoms with E-state index >= 15 is 0 Å². The van der Waals surface area contributed by atoms with Gasteiger partial charge in [-0.15, -0.1) is 0 Å². The Morgan fingerprint density at radius 3 is 2.65 bits per heavy atom. The molecule has 2 heterocycles. The lowest BCUT2D eigenvalue weighted by Crippen LogP contribution is -2.00. The van der Waals surface area contributed by atoms with Gasteiger partial charge in [0.25, 0.3) is 0 Å². The number of nitrogens with zero attached hydrogens (tertiary/aromatic N) is 4. The van der Waals surface area contributed by atoms with E-state index in [9.17, 15) is 4.39 Å². The molecule has 5 nitrogen and oxygen atoms in total. The van der Waals surface area contributed by atoms with E-state index in [1.54, 1.807) is 18.3 Å². The van der Waals surface area contributed by atoms with E-state index in [1.807, 2.05) is 0 Å². The van der Waals surface area contributed by atoms with Crippen LogP contribution < -0.4 is 5.32 Å². The summed E-state index contributed by atoms with van der Waals surface area (Å²) < 4.78 is 13.4. The van der Waals surface area contributed by atoms with Crippen LogP contribution in [0.5, 0.6) is 0 Å². The van der Waals surface area contributed by atoms with Gasteiger partial charge in [-0.3, -0.25) is 0 Å². The van der Waals surface area contributed by atoms with Crippen LogP contribution in [0.1, 0.15) is 5.82 Å². The van der Waals surface area contributed by atoms with Crippen molar-refractivity contribution in [2.24, 2.45) is 0 Å². The molecule has 0 spiro atoms. The van der Waals surface area contributed by atoms with Crippen LogP contribution >= 0.6 is 0 Å². The van der Waals surface area contributed by atoms with Gasteiger partial charge in [-0.2, -0.15) is 0 Å². The molecule has 20 heavy (non-hydrogen) atoms. The summed E-state index contributed by atoms with van der Waals surface area (Å²) in [5.74, 6) is 0.670. The van der Waals surface area contributed by atoms with E-state index in [0.29, 0.717) is 11.6 Å². The van der Waals surface area contributed by atoms with E-state index in [0.717, 1.165) is 0 Å². The summed E-state index contributed by atoms with van der Waals surface area (Å²) in [6.07, 6.45) is 7.45. The maximum atomic E-state index is 13.4. The molecule has 0 bridgehead atoms. The number of anilines is 2. The van der Waals surface area contributed by atoms with Crippen molar-refractivity contribution in [3.8, 4) is 0 Å². The van der Waals surface area contributed by atoms with Crippen LogP contribution in [0.4, 0.5) is 16.0 Å². The van der Waals surface area contributed by atoms with Gasteiger partial charge in [-0.25, -0.2) is 24.3 Å². The number of rotatable bonds is 5. The molecular weight excluding hydrogens is 257 g/mol. The summed E-state index contributed by atoms with van der Waals surface area (Å²) in [6, 6.07) is 3.34.